The molecule has 162 valence electrons. The van der Waals surface area contributed by atoms with Crippen LogP contribution in [0.4, 0.5) is 5.69 Å². The second-order valence-electron chi connectivity index (χ2n) is 8.40. The Balaban J connectivity index is 1.99. The van der Waals surface area contributed by atoms with E-state index in [9.17, 15) is 13.2 Å². The van der Waals surface area contributed by atoms with Crippen LogP contribution in [0, 0.1) is 6.92 Å². The molecular weight excluding hydrogens is 412 g/mol. The molecule has 0 aliphatic heterocycles. The van der Waals surface area contributed by atoms with Gasteiger partial charge in [-0.3, -0.25) is 9.78 Å². The minimum Gasteiger partial charge on any atom is -0.455 e. The molecule has 6 nitrogen and oxygen atoms in total. The van der Waals surface area contributed by atoms with Crippen LogP contribution in [0.15, 0.2) is 65.7 Å². The van der Waals surface area contributed by atoms with Gasteiger partial charge >= 0.3 is 0 Å². The molecule has 7 heteroatoms. The summed E-state index contributed by atoms with van der Waals surface area (Å²) in [6, 6.07) is 15.2. The Kier molecular flexibility index (Phi) is 6.18. The monoisotopic (exact) mass is 438 g/mol. The van der Waals surface area contributed by atoms with Crippen molar-refractivity contribution in [3.05, 3.63) is 77.6 Å². The number of hydrogen-bond donors (Lipinski definition) is 1. The standard InChI is InChI=1S/C24H26N2O4S/c1-16-21(10-7-13-25-16)30-22-14-17(24(2,3)4)11-12-20(22)23(27)26-18-8-6-9-19(15-18)31(5,28)29/h6-15H,1-5H3,(H,26,27). The predicted octanol–water partition coefficient (Wildman–Crippen LogP) is 5.14. The van der Waals surface area contributed by atoms with Crippen LogP contribution in [0.1, 0.15) is 42.4 Å². The highest BCUT2D eigenvalue weighted by Gasteiger charge is 2.20. The van der Waals surface area contributed by atoms with Crippen LogP contribution in [-0.4, -0.2) is 25.6 Å². The molecule has 0 atom stereocenters. The fraction of sp³-hybridized carbons (Fsp3) is 0.250. The summed E-state index contributed by atoms with van der Waals surface area (Å²) >= 11 is 0. The molecule has 1 amide bonds. The molecule has 0 radical (unpaired) electrons. The van der Waals surface area contributed by atoms with Gasteiger partial charge in [0.15, 0.2) is 9.84 Å². The molecule has 0 aliphatic rings. The summed E-state index contributed by atoms with van der Waals surface area (Å²) in [6.45, 7) is 8.08. The van der Waals surface area contributed by atoms with Gasteiger partial charge < -0.3 is 10.1 Å². The smallest absolute Gasteiger partial charge is 0.259 e. The Morgan fingerprint density at radius 3 is 2.39 bits per heavy atom. The molecule has 0 bridgehead atoms. The minimum absolute atomic E-state index is 0.135. The molecule has 0 saturated carbocycles. The number of aromatic nitrogens is 1. The maximum Gasteiger partial charge on any atom is 0.259 e. The summed E-state index contributed by atoms with van der Waals surface area (Å²) in [5.41, 5.74) is 2.30. The molecule has 2 aromatic carbocycles. The topological polar surface area (TPSA) is 85.4 Å². The number of aryl methyl sites for hydroxylation is 1. The van der Waals surface area contributed by atoms with Gasteiger partial charge in [0.05, 0.1) is 16.2 Å². The molecule has 0 spiro atoms. The van der Waals surface area contributed by atoms with Crippen LogP contribution in [-0.2, 0) is 15.3 Å². The van der Waals surface area contributed by atoms with Crippen molar-refractivity contribution >= 4 is 21.4 Å². The molecule has 0 unspecified atom stereocenters. The second kappa shape index (κ2) is 8.51. The fourth-order valence-electron chi connectivity index (χ4n) is 2.96. The first-order valence-corrected chi connectivity index (χ1v) is 11.7. The number of benzene rings is 2. The summed E-state index contributed by atoms with van der Waals surface area (Å²) in [7, 11) is -3.38. The zero-order chi connectivity index (χ0) is 22.8. The van der Waals surface area contributed by atoms with E-state index >= 15 is 0 Å². The van der Waals surface area contributed by atoms with Gasteiger partial charge in [-0.05, 0) is 60.4 Å². The number of carbonyl (C=O) groups excluding carboxylic acids is 1. The van der Waals surface area contributed by atoms with E-state index in [1.165, 1.54) is 12.1 Å². The average molecular weight is 439 g/mol. The van der Waals surface area contributed by atoms with Gasteiger partial charge in [0.2, 0.25) is 0 Å². The average Bonchev–Trinajstić information content (AvgIpc) is 2.68. The van der Waals surface area contributed by atoms with E-state index in [-0.39, 0.29) is 10.3 Å². The lowest BCUT2D eigenvalue weighted by molar-refractivity contribution is 0.102. The van der Waals surface area contributed by atoms with Crippen molar-refractivity contribution in [2.24, 2.45) is 0 Å². The highest BCUT2D eigenvalue weighted by atomic mass is 32.2. The summed E-state index contributed by atoms with van der Waals surface area (Å²) in [6.07, 6.45) is 2.80. The van der Waals surface area contributed by atoms with Crippen molar-refractivity contribution in [2.75, 3.05) is 11.6 Å². The van der Waals surface area contributed by atoms with Gasteiger partial charge in [0.1, 0.15) is 11.5 Å². The Morgan fingerprint density at radius 2 is 1.74 bits per heavy atom. The van der Waals surface area contributed by atoms with E-state index in [0.29, 0.717) is 28.4 Å². The van der Waals surface area contributed by atoms with Crippen LogP contribution >= 0.6 is 0 Å². The first-order valence-electron chi connectivity index (χ1n) is 9.80. The molecule has 1 aromatic heterocycles. The largest absolute Gasteiger partial charge is 0.455 e. The third-order valence-corrected chi connectivity index (χ3v) is 5.90. The number of carbonyl (C=O) groups is 1. The number of sulfone groups is 1. The number of pyridine rings is 1. The molecule has 3 aromatic rings. The van der Waals surface area contributed by atoms with E-state index in [0.717, 1.165) is 11.8 Å². The molecule has 3 rings (SSSR count). The van der Waals surface area contributed by atoms with Gasteiger partial charge in [-0.2, -0.15) is 0 Å². The molecule has 0 saturated heterocycles. The quantitative estimate of drug-likeness (QED) is 0.596. The van der Waals surface area contributed by atoms with Gasteiger partial charge in [0.25, 0.3) is 5.91 Å². The van der Waals surface area contributed by atoms with Gasteiger partial charge in [-0.15, -0.1) is 0 Å². The molecule has 1 heterocycles. The van der Waals surface area contributed by atoms with Crippen LogP contribution in [0.5, 0.6) is 11.5 Å². The van der Waals surface area contributed by atoms with Crippen molar-refractivity contribution < 1.29 is 17.9 Å². The molecular formula is C24H26N2O4S. The number of anilines is 1. The highest BCUT2D eigenvalue weighted by Crippen LogP contribution is 2.33. The third-order valence-electron chi connectivity index (χ3n) is 4.79. The lowest BCUT2D eigenvalue weighted by Crippen LogP contribution is -2.16. The fourth-order valence-corrected chi connectivity index (χ4v) is 3.63. The van der Waals surface area contributed by atoms with E-state index in [1.807, 2.05) is 19.1 Å². The van der Waals surface area contributed by atoms with Crippen molar-refractivity contribution in [3.63, 3.8) is 0 Å². The van der Waals surface area contributed by atoms with Gasteiger partial charge in [-0.1, -0.05) is 32.9 Å². The Bertz CT molecular complexity index is 1230. The number of hydrogen-bond acceptors (Lipinski definition) is 5. The maximum atomic E-state index is 13.1. The van der Waals surface area contributed by atoms with Crippen LogP contribution in [0.25, 0.3) is 0 Å². The molecule has 1 N–H and O–H groups in total. The van der Waals surface area contributed by atoms with Crippen molar-refractivity contribution in [3.8, 4) is 11.5 Å². The van der Waals surface area contributed by atoms with Crippen molar-refractivity contribution in [1.82, 2.24) is 4.98 Å². The van der Waals surface area contributed by atoms with Crippen LogP contribution < -0.4 is 10.1 Å². The number of nitrogens with one attached hydrogen (secondary N) is 1. The Morgan fingerprint density at radius 1 is 1.00 bits per heavy atom. The lowest BCUT2D eigenvalue weighted by Gasteiger charge is -2.21. The SMILES string of the molecule is Cc1ncccc1Oc1cc(C(C)(C)C)ccc1C(=O)Nc1cccc(S(C)(=O)=O)c1. The summed E-state index contributed by atoms with van der Waals surface area (Å²) in [5.74, 6) is 0.560. The van der Waals surface area contributed by atoms with Crippen LogP contribution in [0.2, 0.25) is 0 Å². The molecule has 0 fully saturated rings. The number of rotatable bonds is 5. The number of nitrogens with zero attached hydrogens (tertiary/aromatic N) is 1. The Hall–Kier alpha value is -3.19. The minimum atomic E-state index is -3.38. The van der Waals surface area contributed by atoms with Crippen molar-refractivity contribution in [1.29, 1.82) is 0 Å². The summed E-state index contributed by atoms with van der Waals surface area (Å²) in [4.78, 5) is 17.4. The zero-order valence-electron chi connectivity index (χ0n) is 18.3. The predicted molar refractivity (Wildman–Crippen MR) is 122 cm³/mol. The zero-order valence-corrected chi connectivity index (χ0v) is 19.1. The van der Waals surface area contributed by atoms with E-state index < -0.39 is 15.7 Å². The first kappa shape index (κ1) is 22.5. The van der Waals surface area contributed by atoms with Crippen LogP contribution in [0.3, 0.4) is 0 Å². The maximum absolute atomic E-state index is 13.1. The second-order valence-corrected chi connectivity index (χ2v) is 10.4. The highest BCUT2D eigenvalue weighted by molar-refractivity contribution is 7.90. The normalized spacial score (nSPS) is 11.8. The van der Waals surface area contributed by atoms with E-state index in [1.54, 1.807) is 36.5 Å². The lowest BCUT2D eigenvalue weighted by atomic mass is 9.86. The summed E-state index contributed by atoms with van der Waals surface area (Å²) in [5, 5.41) is 2.77. The van der Waals surface area contributed by atoms with Crippen molar-refractivity contribution in [2.45, 2.75) is 38.0 Å². The molecule has 31 heavy (non-hydrogen) atoms. The molecule has 0 aliphatic carbocycles. The first-order chi connectivity index (χ1) is 14.4. The van der Waals surface area contributed by atoms with Gasteiger partial charge in [0, 0.05) is 18.1 Å². The van der Waals surface area contributed by atoms with Gasteiger partial charge in [-0.25, -0.2) is 8.42 Å². The van der Waals surface area contributed by atoms with E-state index in [4.69, 9.17) is 4.74 Å². The Labute approximate surface area is 183 Å². The van der Waals surface area contributed by atoms with E-state index in [2.05, 4.69) is 31.1 Å². The summed E-state index contributed by atoms with van der Waals surface area (Å²) < 4.78 is 29.7. The third kappa shape index (κ3) is 5.49. The number of ether oxygens (including phenoxy) is 1. The number of amides is 1.